The van der Waals surface area contributed by atoms with E-state index in [1.165, 1.54) is 57.1 Å². The number of hydrogen-bond acceptors (Lipinski definition) is 2. The second-order valence-electron chi connectivity index (χ2n) is 6.42. The molecule has 1 unspecified atom stereocenters. The molecule has 0 aromatic rings. The molecule has 2 aliphatic rings. The Hall–Kier alpha value is 0.310. The van der Waals surface area contributed by atoms with Crippen LogP contribution >= 0.6 is 11.8 Å². The summed E-state index contributed by atoms with van der Waals surface area (Å²) in [5.74, 6) is 3.29. The summed E-state index contributed by atoms with van der Waals surface area (Å²) in [5.41, 5.74) is 0. The first-order valence-corrected chi connectivity index (χ1v) is 9.19. The van der Waals surface area contributed by atoms with E-state index in [1.54, 1.807) is 0 Å². The molecule has 0 radical (unpaired) electrons. The summed E-state index contributed by atoms with van der Waals surface area (Å²) in [6.45, 7) is 5.83. The van der Waals surface area contributed by atoms with E-state index in [1.807, 2.05) is 0 Å². The zero-order valence-corrected chi connectivity index (χ0v) is 13.1. The van der Waals surface area contributed by atoms with Crippen LogP contribution in [-0.4, -0.2) is 23.6 Å². The first-order valence-electron chi connectivity index (χ1n) is 8.14. The second-order valence-corrected chi connectivity index (χ2v) is 7.76. The fraction of sp³-hybridized carbons (Fsp3) is 1.00. The lowest BCUT2D eigenvalue weighted by atomic mass is 9.79. The van der Waals surface area contributed by atoms with E-state index >= 15 is 0 Å². The highest BCUT2D eigenvalue weighted by Crippen LogP contribution is 2.34. The molecule has 0 amide bonds. The van der Waals surface area contributed by atoms with Gasteiger partial charge in [0.1, 0.15) is 0 Å². The van der Waals surface area contributed by atoms with Crippen LogP contribution in [0.1, 0.15) is 65.2 Å². The van der Waals surface area contributed by atoms with E-state index in [2.05, 4.69) is 30.9 Å². The maximum atomic E-state index is 3.77. The summed E-state index contributed by atoms with van der Waals surface area (Å²) in [6, 6.07) is 0.785. The van der Waals surface area contributed by atoms with Gasteiger partial charge in [-0.15, -0.1) is 0 Å². The molecule has 0 heterocycles. The normalized spacial score (nSPS) is 31.7. The molecule has 18 heavy (non-hydrogen) atoms. The van der Waals surface area contributed by atoms with Gasteiger partial charge in [0.15, 0.2) is 0 Å². The van der Waals surface area contributed by atoms with Crippen LogP contribution in [0.25, 0.3) is 0 Å². The molecule has 2 rings (SSSR count). The van der Waals surface area contributed by atoms with Crippen molar-refractivity contribution in [3.63, 3.8) is 0 Å². The van der Waals surface area contributed by atoms with E-state index in [0.717, 1.165) is 29.7 Å². The lowest BCUT2D eigenvalue weighted by molar-refractivity contribution is 0.243. The molecule has 2 fully saturated rings. The number of nitrogens with one attached hydrogen (secondary N) is 1. The Balaban J connectivity index is 1.75. The second kappa shape index (κ2) is 7.79. The molecule has 1 atom stereocenters. The summed E-state index contributed by atoms with van der Waals surface area (Å²) in [6.07, 6.45) is 11.8. The molecule has 0 aromatic carbocycles. The maximum Gasteiger partial charge on any atom is 0.0186 e. The Bertz CT molecular complexity index is 217. The molecule has 106 valence electrons. The van der Waals surface area contributed by atoms with E-state index in [9.17, 15) is 0 Å². The molecule has 1 nitrogen and oxygen atoms in total. The van der Waals surface area contributed by atoms with Crippen LogP contribution in [0.2, 0.25) is 0 Å². The van der Waals surface area contributed by atoms with E-state index in [-0.39, 0.29) is 0 Å². The average Bonchev–Trinajstić information content (AvgIpc) is 2.89. The van der Waals surface area contributed by atoms with Crippen LogP contribution in [0.5, 0.6) is 0 Å². The smallest absolute Gasteiger partial charge is 0.0186 e. The molecule has 0 spiro atoms. The van der Waals surface area contributed by atoms with Crippen molar-refractivity contribution in [1.29, 1.82) is 0 Å². The molecule has 2 aliphatic carbocycles. The largest absolute Gasteiger partial charge is 0.313 e. The van der Waals surface area contributed by atoms with Gasteiger partial charge in [-0.25, -0.2) is 0 Å². The van der Waals surface area contributed by atoms with Gasteiger partial charge in [0, 0.05) is 17.0 Å². The lowest BCUT2D eigenvalue weighted by Crippen LogP contribution is -2.40. The van der Waals surface area contributed by atoms with Crippen molar-refractivity contribution in [3.05, 3.63) is 0 Å². The third-order valence-corrected chi connectivity index (χ3v) is 6.40. The molecule has 1 N–H and O–H groups in total. The average molecular weight is 269 g/mol. The molecule has 0 saturated heterocycles. The Morgan fingerprint density at radius 3 is 2.33 bits per heavy atom. The Labute approximate surface area is 118 Å². The minimum Gasteiger partial charge on any atom is -0.313 e. The Morgan fingerprint density at radius 2 is 1.72 bits per heavy atom. The van der Waals surface area contributed by atoms with Gasteiger partial charge in [0.05, 0.1) is 0 Å². The zero-order chi connectivity index (χ0) is 12.8. The van der Waals surface area contributed by atoms with Crippen LogP contribution in [0.3, 0.4) is 0 Å². The third-order valence-electron chi connectivity index (χ3n) is 4.91. The Morgan fingerprint density at radius 1 is 1.06 bits per heavy atom. The standard InChI is InChI=1S/C16H31NS/c1-3-17-16(12-18-15-6-4-5-7-15)14-10-8-13(2)9-11-14/h13-17H,3-12H2,1-2H3. The summed E-state index contributed by atoms with van der Waals surface area (Å²) >= 11 is 2.26. The highest BCUT2D eigenvalue weighted by Gasteiger charge is 2.26. The molecular formula is C16H31NS. The number of rotatable bonds is 6. The monoisotopic (exact) mass is 269 g/mol. The van der Waals surface area contributed by atoms with Crippen LogP contribution in [0.4, 0.5) is 0 Å². The predicted octanol–water partition coefficient (Wildman–Crippen LogP) is 4.47. The van der Waals surface area contributed by atoms with Crippen LogP contribution in [0.15, 0.2) is 0 Å². The zero-order valence-electron chi connectivity index (χ0n) is 12.3. The van der Waals surface area contributed by atoms with Crippen molar-refractivity contribution in [2.24, 2.45) is 11.8 Å². The maximum absolute atomic E-state index is 3.77. The first-order chi connectivity index (χ1) is 8.79. The molecule has 2 heteroatoms. The highest BCUT2D eigenvalue weighted by atomic mass is 32.2. The van der Waals surface area contributed by atoms with Crippen LogP contribution in [-0.2, 0) is 0 Å². The first kappa shape index (κ1) is 14.7. The van der Waals surface area contributed by atoms with E-state index in [0.29, 0.717) is 0 Å². The molecular weight excluding hydrogens is 238 g/mol. The van der Waals surface area contributed by atoms with Crippen molar-refractivity contribution >= 4 is 11.8 Å². The van der Waals surface area contributed by atoms with Crippen molar-refractivity contribution in [2.75, 3.05) is 12.3 Å². The summed E-state index contributed by atoms with van der Waals surface area (Å²) in [7, 11) is 0. The van der Waals surface area contributed by atoms with Crippen molar-refractivity contribution in [1.82, 2.24) is 5.32 Å². The summed E-state index contributed by atoms with van der Waals surface area (Å²) in [5, 5.41) is 4.75. The van der Waals surface area contributed by atoms with Gasteiger partial charge in [0.25, 0.3) is 0 Å². The van der Waals surface area contributed by atoms with Gasteiger partial charge in [-0.1, -0.05) is 39.5 Å². The fourth-order valence-electron chi connectivity index (χ4n) is 3.61. The third kappa shape index (κ3) is 4.45. The van der Waals surface area contributed by atoms with Gasteiger partial charge in [-0.05, 0) is 44.1 Å². The van der Waals surface area contributed by atoms with E-state index in [4.69, 9.17) is 0 Å². The van der Waals surface area contributed by atoms with E-state index < -0.39 is 0 Å². The number of thioether (sulfide) groups is 1. The number of hydrogen-bond donors (Lipinski definition) is 1. The molecule has 0 bridgehead atoms. The molecule has 0 aliphatic heterocycles. The topological polar surface area (TPSA) is 12.0 Å². The van der Waals surface area contributed by atoms with Gasteiger partial charge in [-0.3, -0.25) is 0 Å². The van der Waals surface area contributed by atoms with Gasteiger partial charge in [0.2, 0.25) is 0 Å². The van der Waals surface area contributed by atoms with Gasteiger partial charge in [-0.2, -0.15) is 11.8 Å². The van der Waals surface area contributed by atoms with Gasteiger partial charge < -0.3 is 5.32 Å². The van der Waals surface area contributed by atoms with Crippen LogP contribution < -0.4 is 5.32 Å². The minimum absolute atomic E-state index is 0.785. The summed E-state index contributed by atoms with van der Waals surface area (Å²) < 4.78 is 0. The van der Waals surface area contributed by atoms with Crippen molar-refractivity contribution < 1.29 is 0 Å². The molecule has 0 aromatic heterocycles. The quantitative estimate of drug-likeness (QED) is 0.763. The highest BCUT2D eigenvalue weighted by molar-refractivity contribution is 7.99. The predicted molar refractivity (Wildman–Crippen MR) is 83.3 cm³/mol. The fourth-order valence-corrected chi connectivity index (χ4v) is 5.14. The summed E-state index contributed by atoms with van der Waals surface area (Å²) in [4.78, 5) is 0. The lowest BCUT2D eigenvalue weighted by Gasteiger charge is -2.33. The van der Waals surface area contributed by atoms with Crippen LogP contribution in [0, 0.1) is 11.8 Å². The van der Waals surface area contributed by atoms with Crippen molar-refractivity contribution in [2.45, 2.75) is 76.5 Å². The van der Waals surface area contributed by atoms with Gasteiger partial charge >= 0.3 is 0 Å². The SMILES string of the molecule is CCNC(CSC1CCCC1)C1CCC(C)CC1. The minimum atomic E-state index is 0.785. The Kier molecular flexibility index (Phi) is 6.37. The molecule has 2 saturated carbocycles. The van der Waals surface area contributed by atoms with Crippen molar-refractivity contribution in [3.8, 4) is 0 Å².